The van der Waals surface area contributed by atoms with Crippen molar-refractivity contribution < 1.29 is 14.6 Å². The molecule has 0 aromatic heterocycles. The molecular weight excluding hydrogens is 304 g/mol. The summed E-state index contributed by atoms with van der Waals surface area (Å²) < 4.78 is 5.22. The zero-order valence-corrected chi connectivity index (χ0v) is 13.9. The normalized spacial score (nSPS) is 21.1. The van der Waals surface area contributed by atoms with Gasteiger partial charge in [-0.3, -0.25) is 0 Å². The van der Waals surface area contributed by atoms with Crippen molar-refractivity contribution in [1.29, 1.82) is 0 Å². The van der Waals surface area contributed by atoms with Crippen LogP contribution < -0.4 is 10.6 Å². The number of amides is 1. The number of nitrogens with one attached hydrogen (secondary N) is 2. The fraction of sp³-hybridized carbons (Fsp3) is 0.562. The quantitative estimate of drug-likeness (QED) is 0.794. The fourth-order valence-electron chi connectivity index (χ4n) is 2.30. The zero-order valence-electron chi connectivity index (χ0n) is 13.1. The van der Waals surface area contributed by atoms with Gasteiger partial charge in [-0.2, -0.15) is 0 Å². The molecule has 1 aromatic rings. The van der Waals surface area contributed by atoms with E-state index in [1.165, 1.54) is 0 Å². The van der Waals surface area contributed by atoms with Gasteiger partial charge in [-0.15, -0.1) is 0 Å². The third-order valence-corrected chi connectivity index (χ3v) is 3.77. The van der Waals surface area contributed by atoms with Crippen LogP contribution in [0.5, 0.6) is 5.75 Å². The number of benzene rings is 1. The number of rotatable bonds is 4. The minimum atomic E-state index is -0.469. The van der Waals surface area contributed by atoms with Crippen LogP contribution in [-0.2, 0) is 11.3 Å². The molecule has 0 atom stereocenters. The van der Waals surface area contributed by atoms with Crippen LogP contribution in [0.3, 0.4) is 0 Å². The third kappa shape index (κ3) is 5.07. The van der Waals surface area contributed by atoms with Crippen LogP contribution in [0.1, 0.15) is 39.2 Å². The summed E-state index contributed by atoms with van der Waals surface area (Å²) in [5.41, 5.74) is 0.551. The molecule has 1 saturated carbocycles. The second-order valence-corrected chi connectivity index (χ2v) is 7.09. The van der Waals surface area contributed by atoms with Gasteiger partial charge < -0.3 is 20.5 Å². The number of ether oxygens (including phenoxy) is 1. The van der Waals surface area contributed by atoms with Crippen molar-refractivity contribution in [3.63, 3.8) is 0 Å². The molecule has 0 saturated heterocycles. The molecule has 1 fully saturated rings. The number of hydrogen-bond acceptors (Lipinski definition) is 4. The van der Waals surface area contributed by atoms with Crippen molar-refractivity contribution in [2.24, 2.45) is 0 Å². The third-order valence-electron chi connectivity index (χ3n) is 3.47. The molecule has 0 heterocycles. The van der Waals surface area contributed by atoms with Gasteiger partial charge in [0.2, 0.25) is 0 Å². The average Bonchev–Trinajstić information content (AvgIpc) is 2.33. The first-order chi connectivity index (χ1) is 10.2. The number of carbonyl (C=O) groups is 1. The van der Waals surface area contributed by atoms with E-state index in [2.05, 4.69) is 10.6 Å². The van der Waals surface area contributed by atoms with Crippen LogP contribution in [0.25, 0.3) is 0 Å². The largest absolute Gasteiger partial charge is 0.506 e. The predicted octanol–water partition coefficient (Wildman–Crippen LogP) is 3.19. The minimum absolute atomic E-state index is 0.0932. The molecule has 1 aromatic carbocycles. The lowest BCUT2D eigenvalue weighted by Crippen LogP contribution is -2.52. The Bertz CT molecular complexity index is 537. The highest BCUT2D eigenvalue weighted by molar-refractivity contribution is 6.32. The average molecular weight is 327 g/mol. The number of aromatic hydroxyl groups is 1. The van der Waals surface area contributed by atoms with Crippen LogP contribution in [0.4, 0.5) is 4.79 Å². The van der Waals surface area contributed by atoms with E-state index in [9.17, 15) is 9.90 Å². The number of alkyl carbamates (subject to hydrolysis) is 1. The Morgan fingerprint density at radius 1 is 1.36 bits per heavy atom. The second kappa shape index (κ2) is 6.75. The maximum atomic E-state index is 11.6. The van der Waals surface area contributed by atoms with Crippen molar-refractivity contribution in [2.45, 2.75) is 57.8 Å². The first kappa shape index (κ1) is 16.9. The number of phenols is 1. The fourth-order valence-corrected chi connectivity index (χ4v) is 2.50. The summed E-state index contributed by atoms with van der Waals surface area (Å²) in [7, 11) is 0. The standard InChI is InChI=1S/C16H23ClN2O3/c1-16(2,3)22-15(21)19-12-7-11(8-12)18-9-10-4-5-14(20)13(17)6-10/h4-6,11-12,18,20H,7-9H2,1-3H3,(H,19,21). The van der Waals surface area contributed by atoms with Gasteiger partial charge in [0.15, 0.2) is 0 Å². The molecule has 3 N–H and O–H groups in total. The lowest BCUT2D eigenvalue weighted by molar-refractivity contribution is 0.0465. The van der Waals surface area contributed by atoms with Crippen molar-refractivity contribution >= 4 is 17.7 Å². The minimum Gasteiger partial charge on any atom is -0.506 e. The van der Waals surface area contributed by atoms with Gasteiger partial charge >= 0.3 is 6.09 Å². The summed E-state index contributed by atoms with van der Waals surface area (Å²) >= 11 is 5.87. The molecule has 22 heavy (non-hydrogen) atoms. The van der Waals surface area contributed by atoms with E-state index in [0.717, 1.165) is 18.4 Å². The molecule has 0 unspecified atom stereocenters. The lowest BCUT2D eigenvalue weighted by Gasteiger charge is -2.36. The first-order valence-electron chi connectivity index (χ1n) is 7.43. The number of phenolic OH excluding ortho intramolecular Hbond substituents is 1. The molecule has 0 bridgehead atoms. The summed E-state index contributed by atoms with van der Waals surface area (Å²) in [6.45, 7) is 6.23. The molecule has 1 aliphatic rings. The molecule has 0 spiro atoms. The van der Waals surface area contributed by atoms with E-state index in [-0.39, 0.29) is 17.9 Å². The zero-order chi connectivity index (χ0) is 16.3. The summed E-state index contributed by atoms with van der Waals surface area (Å²) in [5.74, 6) is 0.0932. The molecule has 122 valence electrons. The monoisotopic (exact) mass is 326 g/mol. The van der Waals surface area contributed by atoms with Gasteiger partial charge in [0.05, 0.1) is 5.02 Å². The number of carbonyl (C=O) groups excluding carboxylic acids is 1. The maximum Gasteiger partial charge on any atom is 0.407 e. The van der Waals surface area contributed by atoms with Crippen molar-refractivity contribution in [2.75, 3.05) is 0 Å². The number of halogens is 1. The van der Waals surface area contributed by atoms with Crippen LogP contribution in [0.15, 0.2) is 18.2 Å². The molecule has 0 radical (unpaired) electrons. The van der Waals surface area contributed by atoms with Crippen LogP contribution >= 0.6 is 11.6 Å². The van der Waals surface area contributed by atoms with E-state index < -0.39 is 5.60 Å². The predicted molar refractivity (Wildman–Crippen MR) is 86.1 cm³/mol. The van der Waals surface area contributed by atoms with Crippen molar-refractivity contribution in [3.05, 3.63) is 28.8 Å². The van der Waals surface area contributed by atoms with Gasteiger partial charge in [-0.05, 0) is 51.3 Å². The molecule has 1 aliphatic carbocycles. The Morgan fingerprint density at radius 3 is 2.64 bits per heavy atom. The highest BCUT2D eigenvalue weighted by Crippen LogP contribution is 2.25. The molecule has 1 amide bonds. The molecule has 5 nitrogen and oxygen atoms in total. The molecular formula is C16H23ClN2O3. The Balaban J connectivity index is 1.67. The van der Waals surface area contributed by atoms with Crippen molar-refractivity contribution in [3.8, 4) is 5.75 Å². The summed E-state index contributed by atoms with van der Waals surface area (Å²) in [6.07, 6.45) is 1.40. The van der Waals surface area contributed by atoms with E-state index in [1.54, 1.807) is 12.1 Å². The van der Waals surface area contributed by atoms with E-state index in [1.807, 2.05) is 26.8 Å². The second-order valence-electron chi connectivity index (χ2n) is 6.68. The Morgan fingerprint density at radius 2 is 2.05 bits per heavy atom. The van der Waals surface area contributed by atoms with E-state index >= 15 is 0 Å². The lowest BCUT2D eigenvalue weighted by atomic mass is 9.87. The highest BCUT2D eigenvalue weighted by Gasteiger charge is 2.31. The van der Waals surface area contributed by atoms with E-state index in [0.29, 0.717) is 17.6 Å². The van der Waals surface area contributed by atoms with Crippen LogP contribution in [0, 0.1) is 0 Å². The van der Waals surface area contributed by atoms with Crippen molar-refractivity contribution in [1.82, 2.24) is 10.6 Å². The van der Waals surface area contributed by atoms with Gasteiger partial charge in [0.1, 0.15) is 11.4 Å². The molecule has 2 rings (SSSR count). The van der Waals surface area contributed by atoms with Crippen LogP contribution in [0.2, 0.25) is 5.02 Å². The topological polar surface area (TPSA) is 70.6 Å². The van der Waals surface area contributed by atoms with Gasteiger partial charge in [-0.25, -0.2) is 4.79 Å². The molecule has 6 heteroatoms. The Hall–Kier alpha value is -1.46. The summed E-state index contributed by atoms with van der Waals surface area (Å²) in [4.78, 5) is 11.6. The van der Waals surface area contributed by atoms with Gasteiger partial charge in [-0.1, -0.05) is 17.7 Å². The van der Waals surface area contributed by atoms with Gasteiger partial charge in [0, 0.05) is 18.6 Å². The Labute approximate surface area is 136 Å². The maximum absolute atomic E-state index is 11.6. The summed E-state index contributed by atoms with van der Waals surface area (Å²) in [6, 6.07) is 5.71. The smallest absolute Gasteiger partial charge is 0.407 e. The number of hydrogen-bond donors (Lipinski definition) is 3. The SMILES string of the molecule is CC(C)(C)OC(=O)NC1CC(NCc2ccc(O)c(Cl)c2)C1. The highest BCUT2D eigenvalue weighted by atomic mass is 35.5. The first-order valence-corrected chi connectivity index (χ1v) is 7.81. The van der Waals surface area contributed by atoms with Gasteiger partial charge in [0.25, 0.3) is 0 Å². The van der Waals surface area contributed by atoms with E-state index in [4.69, 9.17) is 16.3 Å². The Kier molecular flexibility index (Phi) is 5.19. The molecule has 0 aliphatic heterocycles. The summed E-state index contributed by atoms with van der Waals surface area (Å²) in [5, 5.41) is 16.0. The van der Waals surface area contributed by atoms with Crippen LogP contribution in [-0.4, -0.2) is 28.9 Å².